The van der Waals surface area contributed by atoms with E-state index >= 15 is 0 Å². The van der Waals surface area contributed by atoms with Crippen LogP contribution in [0.1, 0.15) is 90.4 Å². The van der Waals surface area contributed by atoms with Crippen LogP contribution in [0.5, 0.6) is 0 Å². The van der Waals surface area contributed by atoms with Gasteiger partial charge in [0.25, 0.3) is 0 Å². The lowest BCUT2D eigenvalue weighted by atomic mass is 9.98. The Kier molecular flexibility index (Phi) is 9.78. The Balaban J connectivity index is 1.75. The van der Waals surface area contributed by atoms with Crippen molar-refractivity contribution in [3.05, 3.63) is 0 Å². The third kappa shape index (κ3) is 8.65. The van der Waals surface area contributed by atoms with Gasteiger partial charge in [-0.25, -0.2) is 0 Å². The minimum absolute atomic E-state index is 0.855. The van der Waals surface area contributed by atoms with E-state index in [1.54, 1.807) is 0 Å². The molecule has 0 aromatic rings. The molecule has 1 rings (SSSR count). The Labute approximate surface area is 109 Å². The molecular formula is C16H33N. The smallest absolute Gasteiger partial charge is 0.00670 e. The summed E-state index contributed by atoms with van der Waals surface area (Å²) in [5, 5.41) is 3.64. The van der Waals surface area contributed by atoms with Crippen LogP contribution >= 0.6 is 0 Å². The monoisotopic (exact) mass is 239 g/mol. The van der Waals surface area contributed by atoms with Crippen molar-refractivity contribution < 1.29 is 0 Å². The van der Waals surface area contributed by atoms with Crippen molar-refractivity contribution in [2.24, 2.45) is 0 Å². The van der Waals surface area contributed by atoms with Gasteiger partial charge in [-0.15, -0.1) is 0 Å². The van der Waals surface area contributed by atoms with Crippen LogP contribution in [0.2, 0.25) is 0 Å². The minimum Gasteiger partial charge on any atom is -0.314 e. The molecule has 1 nitrogen and oxygen atoms in total. The van der Waals surface area contributed by atoms with Gasteiger partial charge in [0, 0.05) is 6.04 Å². The number of rotatable bonds is 10. The maximum absolute atomic E-state index is 3.64. The van der Waals surface area contributed by atoms with Gasteiger partial charge in [0.15, 0.2) is 0 Å². The normalized spacial score (nSPS) is 20.6. The number of hydrogen-bond acceptors (Lipinski definition) is 1. The van der Waals surface area contributed by atoms with Crippen molar-refractivity contribution in [2.75, 3.05) is 6.54 Å². The number of nitrogens with one attached hydrogen (secondary N) is 1. The van der Waals surface area contributed by atoms with E-state index in [9.17, 15) is 0 Å². The molecule has 0 radical (unpaired) electrons. The van der Waals surface area contributed by atoms with Gasteiger partial charge < -0.3 is 5.32 Å². The fraction of sp³-hybridized carbons (Fsp3) is 1.00. The second-order valence-electron chi connectivity index (χ2n) is 5.76. The molecule has 0 aliphatic carbocycles. The summed E-state index contributed by atoms with van der Waals surface area (Å²) in [5.74, 6) is 0. The number of unbranched alkanes of at least 4 members (excludes halogenated alkanes) is 8. The third-order valence-corrected chi connectivity index (χ3v) is 4.07. The van der Waals surface area contributed by atoms with Gasteiger partial charge in [-0.05, 0) is 25.8 Å². The lowest BCUT2D eigenvalue weighted by Crippen LogP contribution is -2.33. The Bertz CT molecular complexity index is 150. The molecule has 1 heteroatoms. The van der Waals surface area contributed by atoms with E-state index in [4.69, 9.17) is 0 Å². The van der Waals surface area contributed by atoms with Crippen molar-refractivity contribution in [2.45, 2.75) is 96.4 Å². The predicted octanol–water partition coefficient (Wildman–Crippen LogP) is 5.05. The van der Waals surface area contributed by atoms with Crippen LogP contribution in [0, 0.1) is 0 Å². The molecule has 102 valence electrons. The predicted molar refractivity (Wildman–Crippen MR) is 77.5 cm³/mol. The maximum Gasteiger partial charge on any atom is 0.00670 e. The van der Waals surface area contributed by atoms with Gasteiger partial charge in [0.05, 0.1) is 0 Å². The summed E-state index contributed by atoms with van der Waals surface area (Å²) in [5.41, 5.74) is 0. The van der Waals surface area contributed by atoms with E-state index in [1.807, 2.05) is 0 Å². The van der Waals surface area contributed by atoms with E-state index in [0.29, 0.717) is 0 Å². The van der Waals surface area contributed by atoms with Gasteiger partial charge in [0.2, 0.25) is 0 Å². The molecule has 1 aliphatic rings. The summed E-state index contributed by atoms with van der Waals surface area (Å²) in [7, 11) is 0. The summed E-state index contributed by atoms with van der Waals surface area (Å²) < 4.78 is 0. The molecular weight excluding hydrogens is 206 g/mol. The van der Waals surface area contributed by atoms with Crippen LogP contribution in [0.25, 0.3) is 0 Å². The molecule has 1 fully saturated rings. The molecule has 0 spiro atoms. The van der Waals surface area contributed by atoms with Crippen molar-refractivity contribution in [1.29, 1.82) is 0 Å². The zero-order chi connectivity index (χ0) is 12.2. The fourth-order valence-electron chi connectivity index (χ4n) is 2.87. The average molecular weight is 239 g/mol. The van der Waals surface area contributed by atoms with E-state index in [2.05, 4.69) is 12.2 Å². The highest BCUT2D eigenvalue weighted by Gasteiger charge is 2.11. The molecule has 0 bridgehead atoms. The van der Waals surface area contributed by atoms with E-state index in [-0.39, 0.29) is 0 Å². The van der Waals surface area contributed by atoms with Crippen molar-refractivity contribution in [3.8, 4) is 0 Å². The highest BCUT2D eigenvalue weighted by molar-refractivity contribution is 4.71. The van der Waals surface area contributed by atoms with Gasteiger partial charge in [-0.1, -0.05) is 71.1 Å². The van der Waals surface area contributed by atoms with Crippen molar-refractivity contribution in [3.63, 3.8) is 0 Å². The summed E-state index contributed by atoms with van der Waals surface area (Å²) in [4.78, 5) is 0. The first-order valence-corrected chi connectivity index (χ1v) is 8.17. The van der Waals surface area contributed by atoms with Gasteiger partial charge in [0.1, 0.15) is 0 Å². The van der Waals surface area contributed by atoms with E-state index in [0.717, 1.165) is 6.04 Å². The van der Waals surface area contributed by atoms with Crippen LogP contribution < -0.4 is 5.32 Å². The summed E-state index contributed by atoms with van der Waals surface area (Å²) in [6.45, 7) is 3.56. The lowest BCUT2D eigenvalue weighted by molar-refractivity contribution is 0.370. The van der Waals surface area contributed by atoms with Crippen LogP contribution in [0.3, 0.4) is 0 Å². The molecule has 1 heterocycles. The third-order valence-electron chi connectivity index (χ3n) is 4.07. The molecule has 0 aromatic carbocycles. The van der Waals surface area contributed by atoms with Crippen molar-refractivity contribution >= 4 is 0 Å². The molecule has 1 aliphatic heterocycles. The largest absolute Gasteiger partial charge is 0.314 e. The molecule has 1 N–H and O–H groups in total. The second kappa shape index (κ2) is 11.1. The zero-order valence-electron chi connectivity index (χ0n) is 12.0. The molecule has 0 unspecified atom stereocenters. The first kappa shape index (κ1) is 15.0. The highest BCUT2D eigenvalue weighted by atomic mass is 14.9. The van der Waals surface area contributed by atoms with Gasteiger partial charge in [-0.3, -0.25) is 0 Å². The Morgan fingerprint density at radius 3 is 2.06 bits per heavy atom. The lowest BCUT2D eigenvalue weighted by Gasteiger charge is -2.23. The van der Waals surface area contributed by atoms with Crippen LogP contribution in [-0.4, -0.2) is 12.6 Å². The Hall–Kier alpha value is -0.0400. The van der Waals surface area contributed by atoms with Crippen molar-refractivity contribution in [1.82, 2.24) is 5.32 Å². The maximum atomic E-state index is 3.64. The average Bonchev–Trinajstić information content (AvgIpc) is 2.38. The first-order valence-electron chi connectivity index (χ1n) is 8.17. The van der Waals surface area contributed by atoms with Crippen LogP contribution in [0.15, 0.2) is 0 Å². The summed E-state index contributed by atoms with van der Waals surface area (Å²) in [6, 6.07) is 0.855. The van der Waals surface area contributed by atoms with E-state index < -0.39 is 0 Å². The minimum atomic E-state index is 0.855. The molecule has 1 saturated heterocycles. The van der Waals surface area contributed by atoms with Crippen LogP contribution in [-0.2, 0) is 0 Å². The number of piperidine rings is 1. The standard InChI is InChI=1S/C16H33N/c1-2-3-4-5-6-7-8-9-10-13-16-14-11-12-15-17-16/h16-17H,2-15H2,1H3/t16-/m0/s1. The molecule has 0 aromatic heterocycles. The zero-order valence-corrected chi connectivity index (χ0v) is 12.0. The summed E-state index contributed by atoms with van der Waals surface area (Å²) in [6.07, 6.45) is 18.8. The quantitative estimate of drug-likeness (QED) is 0.526. The highest BCUT2D eigenvalue weighted by Crippen LogP contribution is 2.15. The number of hydrogen-bond donors (Lipinski definition) is 1. The first-order chi connectivity index (χ1) is 8.43. The molecule has 0 amide bonds. The second-order valence-corrected chi connectivity index (χ2v) is 5.76. The fourth-order valence-corrected chi connectivity index (χ4v) is 2.87. The van der Waals surface area contributed by atoms with Gasteiger partial charge in [-0.2, -0.15) is 0 Å². The summed E-state index contributed by atoms with van der Waals surface area (Å²) >= 11 is 0. The van der Waals surface area contributed by atoms with E-state index in [1.165, 1.54) is 90.0 Å². The van der Waals surface area contributed by atoms with Crippen LogP contribution in [0.4, 0.5) is 0 Å². The molecule has 1 atom stereocenters. The van der Waals surface area contributed by atoms with Gasteiger partial charge >= 0.3 is 0 Å². The SMILES string of the molecule is CCCCCCCCCCC[C@H]1CCCCN1. The Morgan fingerprint density at radius 1 is 0.824 bits per heavy atom. The molecule has 17 heavy (non-hydrogen) atoms. The topological polar surface area (TPSA) is 12.0 Å². The molecule has 0 saturated carbocycles. The Morgan fingerprint density at radius 2 is 1.47 bits per heavy atom.